The van der Waals surface area contributed by atoms with E-state index in [0.717, 1.165) is 0 Å². The summed E-state index contributed by atoms with van der Waals surface area (Å²) in [6.07, 6.45) is 0.249. The van der Waals surface area contributed by atoms with Crippen LogP contribution in [-0.2, 0) is 5.54 Å². The minimum atomic E-state index is -0.892. The van der Waals surface area contributed by atoms with E-state index < -0.39 is 11.6 Å². The Morgan fingerprint density at radius 2 is 1.67 bits per heavy atom. The predicted octanol–water partition coefficient (Wildman–Crippen LogP) is 4.49. The second-order valence-corrected chi connectivity index (χ2v) is 7.49. The van der Waals surface area contributed by atoms with Gasteiger partial charge in [0.25, 0.3) is 0 Å². The highest BCUT2D eigenvalue weighted by molar-refractivity contribution is 6.33. The molecular formula is C22H18ClF2N3O2. The maximum absolute atomic E-state index is 13.4. The topological polar surface area (TPSA) is 65.5 Å². The van der Waals surface area contributed by atoms with Crippen LogP contribution in [0.3, 0.4) is 0 Å². The van der Waals surface area contributed by atoms with Gasteiger partial charge in [-0.05, 0) is 60.5 Å². The van der Waals surface area contributed by atoms with Crippen molar-refractivity contribution in [1.29, 1.82) is 0 Å². The Hall–Kier alpha value is -3.03. The van der Waals surface area contributed by atoms with Gasteiger partial charge in [-0.2, -0.15) is 0 Å². The number of pyridine rings is 1. The van der Waals surface area contributed by atoms with Gasteiger partial charge in [0.15, 0.2) is 0 Å². The van der Waals surface area contributed by atoms with Crippen LogP contribution in [-0.4, -0.2) is 29.3 Å². The number of halogens is 3. The fourth-order valence-electron chi connectivity index (χ4n) is 3.64. The highest BCUT2D eigenvalue weighted by Gasteiger charge is 2.44. The van der Waals surface area contributed by atoms with Crippen LogP contribution in [0.2, 0.25) is 5.02 Å². The van der Waals surface area contributed by atoms with Crippen LogP contribution in [0, 0.1) is 11.6 Å². The highest BCUT2D eigenvalue weighted by atomic mass is 35.5. The lowest BCUT2D eigenvalue weighted by molar-refractivity contribution is 0.224. The maximum Gasteiger partial charge on any atom is 0.323 e. The van der Waals surface area contributed by atoms with Crippen molar-refractivity contribution in [3.63, 3.8) is 0 Å². The van der Waals surface area contributed by atoms with E-state index in [9.17, 15) is 18.7 Å². The van der Waals surface area contributed by atoms with E-state index in [2.05, 4.69) is 10.3 Å². The Balaban J connectivity index is 1.71. The summed E-state index contributed by atoms with van der Waals surface area (Å²) in [5.41, 5.74) is 0.824. The number of urea groups is 1. The first-order chi connectivity index (χ1) is 14.4. The van der Waals surface area contributed by atoms with E-state index in [0.29, 0.717) is 27.7 Å². The average Bonchev–Trinajstić information content (AvgIpc) is 3.07. The van der Waals surface area contributed by atoms with E-state index in [1.807, 2.05) is 0 Å². The molecule has 1 aromatic heterocycles. The zero-order chi connectivity index (χ0) is 21.3. The van der Waals surface area contributed by atoms with Gasteiger partial charge in [-0.15, -0.1) is 0 Å². The van der Waals surface area contributed by atoms with Crippen molar-refractivity contribution in [2.45, 2.75) is 12.0 Å². The molecule has 1 saturated heterocycles. The van der Waals surface area contributed by atoms with Crippen molar-refractivity contribution >= 4 is 23.4 Å². The third-order valence-electron chi connectivity index (χ3n) is 5.18. The zero-order valence-electron chi connectivity index (χ0n) is 15.8. The minimum Gasteiger partial charge on any atom is -0.396 e. The molecule has 2 aromatic carbocycles. The van der Waals surface area contributed by atoms with Crippen LogP contribution in [0.1, 0.15) is 12.0 Å². The largest absolute Gasteiger partial charge is 0.396 e. The third-order valence-corrected chi connectivity index (χ3v) is 5.49. The molecule has 0 spiro atoms. The summed E-state index contributed by atoms with van der Waals surface area (Å²) in [5, 5.41) is 12.9. The molecule has 154 valence electrons. The number of nitrogens with zero attached hydrogens (tertiary/aromatic N) is 2. The number of aromatic nitrogens is 1. The number of aliphatic hydroxyl groups is 1. The first kappa shape index (κ1) is 20.3. The number of carbonyl (C=O) groups is 1. The van der Waals surface area contributed by atoms with Crippen LogP contribution in [0.25, 0.3) is 11.3 Å². The van der Waals surface area contributed by atoms with Gasteiger partial charge in [-0.3, -0.25) is 4.90 Å². The molecule has 1 unspecified atom stereocenters. The molecule has 0 radical (unpaired) electrons. The standard InChI is InChI=1S/C22H18ClF2N3O2/c23-18-9-10-19(26-20(18)14-1-5-16(24)6-2-14)28-13-22(11-12-29,27-21(28)30)15-3-7-17(25)8-4-15/h1-10,29H,11-13H2,(H,27,30). The van der Waals surface area contributed by atoms with Crippen molar-refractivity contribution in [2.24, 2.45) is 0 Å². The Kier molecular flexibility index (Phi) is 5.40. The monoisotopic (exact) mass is 429 g/mol. The molecule has 5 nitrogen and oxygen atoms in total. The second-order valence-electron chi connectivity index (χ2n) is 7.09. The van der Waals surface area contributed by atoms with Gasteiger partial charge in [-0.25, -0.2) is 18.6 Å². The molecule has 4 rings (SSSR count). The molecule has 0 bridgehead atoms. The molecule has 8 heteroatoms. The van der Waals surface area contributed by atoms with Crippen LogP contribution >= 0.6 is 11.6 Å². The molecule has 1 aliphatic rings. The maximum atomic E-state index is 13.4. The van der Waals surface area contributed by atoms with Gasteiger partial charge >= 0.3 is 6.03 Å². The Morgan fingerprint density at radius 3 is 2.30 bits per heavy atom. The normalized spacial score (nSPS) is 18.5. The van der Waals surface area contributed by atoms with Crippen LogP contribution in [0.15, 0.2) is 60.7 Å². The molecule has 1 atom stereocenters. The lowest BCUT2D eigenvalue weighted by atomic mass is 9.87. The van der Waals surface area contributed by atoms with Crippen LogP contribution in [0.5, 0.6) is 0 Å². The summed E-state index contributed by atoms with van der Waals surface area (Å²) in [6.45, 7) is 0.0237. The summed E-state index contributed by atoms with van der Waals surface area (Å²) in [5.74, 6) is -0.404. The zero-order valence-corrected chi connectivity index (χ0v) is 16.5. The summed E-state index contributed by atoms with van der Waals surface area (Å²) in [7, 11) is 0. The van der Waals surface area contributed by atoms with Gasteiger partial charge in [0.2, 0.25) is 0 Å². The van der Waals surface area contributed by atoms with Crippen LogP contribution in [0.4, 0.5) is 19.4 Å². The van der Waals surface area contributed by atoms with Crippen molar-refractivity contribution in [1.82, 2.24) is 10.3 Å². The summed E-state index contributed by atoms with van der Waals surface area (Å²) >= 11 is 6.29. The molecule has 1 fully saturated rings. The van der Waals surface area contributed by atoms with E-state index in [4.69, 9.17) is 11.6 Å². The number of amides is 2. The van der Waals surface area contributed by atoms with Crippen molar-refractivity contribution in [3.05, 3.63) is 82.9 Å². The molecular weight excluding hydrogens is 412 g/mol. The lowest BCUT2D eigenvalue weighted by Gasteiger charge is -2.28. The molecule has 1 aliphatic heterocycles. The smallest absolute Gasteiger partial charge is 0.323 e. The van der Waals surface area contributed by atoms with Gasteiger partial charge in [0, 0.05) is 12.2 Å². The first-order valence-corrected chi connectivity index (χ1v) is 9.69. The van der Waals surface area contributed by atoms with Gasteiger partial charge in [-0.1, -0.05) is 23.7 Å². The highest BCUT2D eigenvalue weighted by Crippen LogP contribution is 2.35. The molecule has 30 heavy (non-hydrogen) atoms. The SMILES string of the molecule is O=C1NC(CCO)(c2ccc(F)cc2)CN1c1ccc(Cl)c(-c2ccc(F)cc2)n1. The average molecular weight is 430 g/mol. The second kappa shape index (κ2) is 8.01. The Morgan fingerprint density at radius 1 is 1.03 bits per heavy atom. The number of carbonyl (C=O) groups excluding carboxylic acids is 1. The van der Waals surface area contributed by atoms with Crippen molar-refractivity contribution in [2.75, 3.05) is 18.1 Å². The molecule has 3 aromatic rings. The number of anilines is 1. The molecule has 0 aliphatic carbocycles. The number of hydrogen-bond donors (Lipinski definition) is 2. The summed E-state index contributed by atoms with van der Waals surface area (Å²) in [4.78, 5) is 18.8. The van der Waals surface area contributed by atoms with E-state index in [1.54, 1.807) is 36.4 Å². The quantitative estimate of drug-likeness (QED) is 0.628. The number of benzene rings is 2. The third kappa shape index (κ3) is 3.74. The Bertz CT molecular complexity index is 1080. The Labute approximate surface area is 176 Å². The molecule has 0 saturated carbocycles. The van der Waals surface area contributed by atoms with E-state index in [1.165, 1.54) is 29.2 Å². The minimum absolute atomic E-state index is 0.166. The number of aliphatic hydroxyl groups excluding tert-OH is 1. The van der Waals surface area contributed by atoms with E-state index in [-0.39, 0.29) is 31.2 Å². The number of hydrogen-bond acceptors (Lipinski definition) is 3. The first-order valence-electron chi connectivity index (χ1n) is 9.31. The fraction of sp³-hybridized carbons (Fsp3) is 0.182. The van der Waals surface area contributed by atoms with Gasteiger partial charge in [0.05, 0.1) is 22.8 Å². The van der Waals surface area contributed by atoms with Gasteiger partial charge < -0.3 is 10.4 Å². The fourth-order valence-corrected chi connectivity index (χ4v) is 3.85. The lowest BCUT2D eigenvalue weighted by Crippen LogP contribution is -2.41. The number of rotatable bonds is 5. The predicted molar refractivity (Wildman–Crippen MR) is 110 cm³/mol. The van der Waals surface area contributed by atoms with Crippen LogP contribution < -0.4 is 10.2 Å². The summed E-state index contributed by atoms with van der Waals surface area (Å²) in [6, 6.07) is 14.4. The molecule has 2 N–H and O–H groups in total. The summed E-state index contributed by atoms with van der Waals surface area (Å²) < 4.78 is 26.6. The molecule has 2 heterocycles. The van der Waals surface area contributed by atoms with Crippen molar-refractivity contribution in [3.8, 4) is 11.3 Å². The van der Waals surface area contributed by atoms with Crippen molar-refractivity contribution < 1.29 is 18.7 Å². The molecule has 2 amide bonds. The van der Waals surface area contributed by atoms with Gasteiger partial charge in [0.1, 0.15) is 17.5 Å². The van der Waals surface area contributed by atoms with E-state index >= 15 is 0 Å². The number of nitrogens with one attached hydrogen (secondary N) is 1.